The van der Waals surface area contributed by atoms with E-state index in [2.05, 4.69) is 36.2 Å². The van der Waals surface area contributed by atoms with Crippen LogP contribution in [0.4, 0.5) is 0 Å². The molecule has 0 fully saturated rings. The van der Waals surface area contributed by atoms with Crippen LogP contribution < -0.4 is 5.32 Å². The first-order chi connectivity index (χ1) is 13.3. The van der Waals surface area contributed by atoms with E-state index in [0.29, 0.717) is 13.0 Å². The Morgan fingerprint density at radius 3 is 2.00 bits per heavy atom. The van der Waals surface area contributed by atoms with Crippen molar-refractivity contribution in [2.75, 3.05) is 0 Å². The van der Waals surface area contributed by atoms with Crippen LogP contribution >= 0.6 is 0 Å². The Hall–Kier alpha value is -2.97. The number of hydrogen-bond acceptors (Lipinski definition) is 2. The quantitative estimate of drug-likeness (QED) is 0.400. The van der Waals surface area contributed by atoms with E-state index in [0.717, 1.165) is 11.1 Å². The Balaban J connectivity index is 1.90. The van der Waals surface area contributed by atoms with Crippen molar-refractivity contribution in [3.8, 4) is 0 Å². The predicted octanol–water partition coefficient (Wildman–Crippen LogP) is 5.59. The van der Waals surface area contributed by atoms with Gasteiger partial charge in [-0.3, -0.25) is 4.79 Å². The van der Waals surface area contributed by atoms with Crippen LogP contribution in [0, 0.1) is 5.92 Å². The van der Waals surface area contributed by atoms with Gasteiger partial charge in [-0.15, -0.1) is 6.58 Å². The first-order valence-electron chi connectivity index (χ1n) is 9.32. The lowest BCUT2D eigenvalue weighted by atomic mass is 9.84. The molecule has 0 amide bonds. The van der Waals surface area contributed by atoms with E-state index in [9.17, 15) is 4.79 Å². The standard InChI is InChI=1S/C25H25NO/c1-2-12-23(25(27)22-17-10-5-11-18-22)24(21-15-8-4-9-16-21)26-19-20-13-6-3-7-14-20/h2-11,13-18,23-24,26H,1,12,19H2/t23-,24-/m0/s1. The molecule has 2 nitrogen and oxygen atoms in total. The molecule has 0 radical (unpaired) electrons. The van der Waals surface area contributed by atoms with Gasteiger partial charge < -0.3 is 5.32 Å². The maximum atomic E-state index is 13.3. The fourth-order valence-corrected chi connectivity index (χ4v) is 3.37. The summed E-state index contributed by atoms with van der Waals surface area (Å²) in [7, 11) is 0. The Morgan fingerprint density at radius 1 is 0.852 bits per heavy atom. The van der Waals surface area contributed by atoms with Crippen LogP contribution in [0.1, 0.15) is 33.9 Å². The normalized spacial score (nSPS) is 12.9. The van der Waals surface area contributed by atoms with Gasteiger partial charge in [0.25, 0.3) is 0 Å². The summed E-state index contributed by atoms with van der Waals surface area (Å²) in [5.74, 6) is -0.0686. The summed E-state index contributed by atoms with van der Waals surface area (Å²) < 4.78 is 0. The average molecular weight is 355 g/mol. The smallest absolute Gasteiger partial charge is 0.168 e. The van der Waals surface area contributed by atoms with Crippen molar-refractivity contribution in [2.45, 2.75) is 19.0 Å². The third kappa shape index (κ3) is 5.02. The fourth-order valence-electron chi connectivity index (χ4n) is 3.37. The molecular weight excluding hydrogens is 330 g/mol. The van der Waals surface area contributed by atoms with Gasteiger partial charge in [0.1, 0.15) is 0 Å². The van der Waals surface area contributed by atoms with Gasteiger partial charge in [-0.1, -0.05) is 97.1 Å². The molecule has 3 rings (SSSR count). The largest absolute Gasteiger partial charge is 0.305 e. The van der Waals surface area contributed by atoms with Crippen LogP contribution in [-0.2, 0) is 6.54 Å². The lowest BCUT2D eigenvalue weighted by molar-refractivity contribution is 0.0888. The molecule has 0 bridgehead atoms. The molecule has 27 heavy (non-hydrogen) atoms. The van der Waals surface area contributed by atoms with Crippen LogP contribution in [0.15, 0.2) is 104 Å². The third-order valence-electron chi connectivity index (χ3n) is 4.75. The number of hydrogen-bond donors (Lipinski definition) is 1. The molecule has 0 aromatic heterocycles. The van der Waals surface area contributed by atoms with E-state index in [4.69, 9.17) is 0 Å². The first kappa shape index (κ1) is 18.8. The molecule has 1 N–H and O–H groups in total. The first-order valence-corrected chi connectivity index (χ1v) is 9.32. The van der Waals surface area contributed by atoms with Crippen molar-refractivity contribution in [1.29, 1.82) is 0 Å². The molecule has 0 spiro atoms. The monoisotopic (exact) mass is 355 g/mol. The zero-order valence-corrected chi connectivity index (χ0v) is 15.4. The minimum atomic E-state index is -0.212. The van der Waals surface area contributed by atoms with Crippen molar-refractivity contribution >= 4 is 5.78 Å². The molecule has 0 unspecified atom stereocenters. The summed E-state index contributed by atoms with van der Waals surface area (Å²) >= 11 is 0. The fraction of sp³-hybridized carbons (Fsp3) is 0.160. The van der Waals surface area contributed by atoms with Crippen molar-refractivity contribution in [2.24, 2.45) is 5.92 Å². The number of Topliss-reactive ketones (excluding diaryl/α,β-unsaturated/α-hetero) is 1. The summed E-state index contributed by atoms with van der Waals surface area (Å²) in [6, 6.07) is 29.9. The minimum absolute atomic E-state index is 0.0860. The highest BCUT2D eigenvalue weighted by atomic mass is 16.1. The van der Waals surface area contributed by atoms with Gasteiger partial charge >= 0.3 is 0 Å². The van der Waals surface area contributed by atoms with E-state index in [1.807, 2.05) is 72.8 Å². The molecule has 0 aliphatic rings. The Morgan fingerprint density at radius 2 is 1.41 bits per heavy atom. The van der Waals surface area contributed by atoms with Crippen molar-refractivity contribution < 1.29 is 4.79 Å². The van der Waals surface area contributed by atoms with Crippen molar-refractivity contribution in [3.63, 3.8) is 0 Å². The highest BCUT2D eigenvalue weighted by molar-refractivity contribution is 5.98. The molecule has 3 aromatic rings. The molecule has 0 heterocycles. The second-order valence-electron chi connectivity index (χ2n) is 6.62. The number of nitrogens with one attached hydrogen (secondary N) is 1. The van der Waals surface area contributed by atoms with Gasteiger partial charge in [0, 0.05) is 24.1 Å². The second kappa shape index (κ2) is 9.65. The van der Waals surface area contributed by atoms with Crippen LogP contribution in [0.3, 0.4) is 0 Å². The summed E-state index contributed by atoms with van der Waals surface area (Å²) in [6.07, 6.45) is 2.46. The number of benzene rings is 3. The lowest BCUT2D eigenvalue weighted by Crippen LogP contribution is -2.32. The Bertz CT molecular complexity index is 843. The molecule has 0 aliphatic heterocycles. The zero-order valence-electron chi connectivity index (χ0n) is 15.4. The maximum Gasteiger partial charge on any atom is 0.168 e. The van der Waals surface area contributed by atoms with Gasteiger partial charge in [-0.2, -0.15) is 0 Å². The maximum absolute atomic E-state index is 13.3. The van der Waals surface area contributed by atoms with Crippen molar-refractivity contribution in [1.82, 2.24) is 5.32 Å². The summed E-state index contributed by atoms with van der Waals surface area (Å²) in [5, 5.41) is 3.62. The highest BCUT2D eigenvalue weighted by Gasteiger charge is 2.29. The molecule has 136 valence electrons. The van der Waals surface area contributed by atoms with Gasteiger partial charge in [0.15, 0.2) is 5.78 Å². The highest BCUT2D eigenvalue weighted by Crippen LogP contribution is 2.29. The van der Waals surface area contributed by atoms with E-state index >= 15 is 0 Å². The van der Waals surface area contributed by atoms with Crippen LogP contribution in [0.2, 0.25) is 0 Å². The minimum Gasteiger partial charge on any atom is -0.305 e. The molecule has 0 aliphatic carbocycles. The second-order valence-corrected chi connectivity index (χ2v) is 6.62. The number of carbonyl (C=O) groups is 1. The summed E-state index contributed by atoms with van der Waals surface area (Å²) in [5.41, 5.74) is 3.05. The predicted molar refractivity (Wildman–Crippen MR) is 112 cm³/mol. The lowest BCUT2D eigenvalue weighted by Gasteiger charge is -2.27. The van der Waals surface area contributed by atoms with E-state index in [1.54, 1.807) is 0 Å². The van der Waals surface area contributed by atoms with Crippen LogP contribution in [-0.4, -0.2) is 5.78 Å². The topological polar surface area (TPSA) is 29.1 Å². The van der Waals surface area contributed by atoms with Gasteiger partial charge in [0.05, 0.1) is 0 Å². The van der Waals surface area contributed by atoms with Crippen molar-refractivity contribution in [3.05, 3.63) is 120 Å². The molecular formula is C25H25NO. The third-order valence-corrected chi connectivity index (χ3v) is 4.75. The molecule has 3 aromatic carbocycles. The SMILES string of the molecule is C=CC[C@H](C(=O)c1ccccc1)[C@@H](NCc1ccccc1)c1ccccc1. The molecule has 2 heteroatoms. The van der Waals surface area contributed by atoms with E-state index in [1.165, 1.54) is 5.56 Å². The number of ketones is 1. The summed E-state index contributed by atoms with van der Waals surface area (Å²) in [6.45, 7) is 4.60. The van der Waals surface area contributed by atoms with Gasteiger partial charge in [-0.05, 0) is 17.5 Å². The van der Waals surface area contributed by atoms with Gasteiger partial charge in [-0.25, -0.2) is 0 Å². The van der Waals surface area contributed by atoms with Gasteiger partial charge in [0.2, 0.25) is 0 Å². The number of carbonyl (C=O) groups excluding carboxylic acids is 1. The Labute approximate surface area is 161 Å². The number of rotatable bonds is 9. The van der Waals surface area contributed by atoms with Crippen LogP contribution in [0.5, 0.6) is 0 Å². The van der Waals surface area contributed by atoms with Crippen LogP contribution in [0.25, 0.3) is 0 Å². The van der Waals surface area contributed by atoms with E-state index in [-0.39, 0.29) is 17.7 Å². The van der Waals surface area contributed by atoms with E-state index < -0.39 is 0 Å². The summed E-state index contributed by atoms with van der Waals surface area (Å²) in [4.78, 5) is 13.3. The molecule has 0 saturated carbocycles. The molecule has 0 saturated heterocycles. The Kier molecular flexibility index (Phi) is 6.72. The zero-order chi connectivity index (χ0) is 18.9. The molecule has 2 atom stereocenters. The average Bonchev–Trinajstić information content (AvgIpc) is 2.75. The number of allylic oxidation sites excluding steroid dienone is 1.